The summed E-state index contributed by atoms with van der Waals surface area (Å²) in [5.74, 6) is 0. The predicted molar refractivity (Wildman–Crippen MR) is 49.0 cm³/mol. The summed E-state index contributed by atoms with van der Waals surface area (Å²) in [7, 11) is 0. The van der Waals surface area contributed by atoms with Crippen LogP contribution in [0.2, 0.25) is 0 Å². The van der Waals surface area contributed by atoms with Crippen LogP contribution in [0.15, 0.2) is 30.6 Å². The van der Waals surface area contributed by atoms with E-state index in [1.807, 2.05) is 12.1 Å². The van der Waals surface area contributed by atoms with Gasteiger partial charge in [-0.1, -0.05) is 0 Å². The van der Waals surface area contributed by atoms with Gasteiger partial charge >= 0.3 is 0 Å². The molecule has 0 amide bonds. The maximum atomic E-state index is 5.68. The average molecular weight is 162 g/mol. The summed E-state index contributed by atoms with van der Waals surface area (Å²) in [5.41, 5.74) is 7.10. The number of nitrogen functional groups attached to an aromatic ring is 1. The van der Waals surface area contributed by atoms with Crippen molar-refractivity contribution in [1.29, 1.82) is 0 Å². The Balaban J connectivity index is 0.000000720. The minimum absolute atomic E-state index is 0. The largest absolute Gasteiger partial charge is 0.398 e. The fourth-order valence-corrected chi connectivity index (χ4v) is 1.00. The fraction of sp³-hybridized carbons (Fsp3) is 0. The van der Waals surface area contributed by atoms with Gasteiger partial charge in [0.05, 0.1) is 0 Å². The molecule has 0 atom stereocenters. The lowest BCUT2D eigenvalue weighted by molar-refractivity contribution is 1.29. The Labute approximate surface area is 70.0 Å². The maximum absolute atomic E-state index is 5.68. The molecule has 0 aromatic carbocycles. The zero-order valence-electron chi connectivity index (χ0n) is 6.57. The SMILES string of the molecule is N.Nc1ccnc2ncccc12. The summed E-state index contributed by atoms with van der Waals surface area (Å²) in [4.78, 5) is 8.10. The molecular weight excluding hydrogens is 152 g/mol. The summed E-state index contributed by atoms with van der Waals surface area (Å²) in [6.45, 7) is 0. The van der Waals surface area contributed by atoms with Gasteiger partial charge in [0.1, 0.15) is 0 Å². The van der Waals surface area contributed by atoms with Gasteiger partial charge in [-0.3, -0.25) is 0 Å². The highest BCUT2D eigenvalue weighted by atomic mass is 14.8. The first kappa shape index (κ1) is 8.42. The highest BCUT2D eigenvalue weighted by molar-refractivity contribution is 5.86. The van der Waals surface area contributed by atoms with Crippen LogP contribution in [0.4, 0.5) is 5.69 Å². The Kier molecular flexibility index (Phi) is 2.21. The number of nitrogens with zero attached hydrogens (tertiary/aromatic N) is 2. The average Bonchev–Trinajstić information content (AvgIpc) is 2.06. The van der Waals surface area contributed by atoms with E-state index >= 15 is 0 Å². The third-order valence-electron chi connectivity index (χ3n) is 1.55. The lowest BCUT2D eigenvalue weighted by Gasteiger charge is -1.96. The molecule has 2 aromatic rings. The van der Waals surface area contributed by atoms with Crippen molar-refractivity contribution in [3.63, 3.8) is 0 Å². The molecule has 4 heteroatoms. The number of hydrogen-bond donors (Lipinski definition) is 2. The Morgan fingerprint density at radius 3 is 2.58 bits per heavy atom. The Hall–Kier alpha value is -1.68. The van der Waals surface area contributed by atoms with E-state index in [-0.39, 0.29) is 6.15 Å². The molecule has 0 bridgehead atoms. The first-order chi connectivity index (χ1) is 5.38. The second kappa shape index (κ2) is 3.15. The van der Waals surface area contributed by atoms with Crippen molar-refractivity contribution >= 4 is 16.7 Å². The van der Waals surface area contributed by atoms with Crippen LogP contribution in [0.5, 0.6) is 0 Å². The molecule has 0 saturated heterocycles. The number of aromatic nitrogens is 2. The van der Waals surface area contributed by atoms with Crippen molar-refractivity contribution in [2.45, 2.75) is 0 Å². The summed E-state index contributed by atoms with van der Waals surface area (Å²) in [6.07, 6.45) is 3.36. The molecule has 2 rings (SSSR count). The molecule has 0 aliphatic rings. The van der Waals surface area contributed by atoms with Crippen LogP contribution in [0.3, 0.4) is 0 Å². The van der Waals surface area contributed by atoms with Crippen molar-refractivity contribution in [3.05, 3.63) is 30.6 Å². The Bertz CT molecular complexity index is 380. The van der Waals surface area contributed by atoms with Crippen LogP contribution in [-0.2, 0) is 0 Å². The van der Waals surface area contributed by atoms with Gasteiger partial charge in [0.15, 0.2) is 5.65 Å². The molecule has 0 fully saturated rings. The maximum Gasteiger partial charge on any atom is 0.161 e. The molecule has 5 N–H and O–H groups in total. The lowest BCUT2D eigenvalue weighted by atomic mass is 10.2. The number of hydrogen-bond acceptors (Lipinski definition) is 4. The first-order valence-electron chi connectivity index (χ1n) is 3.33. The summed E-state index contributed by atoms with van der Waals surface area (Å²) < 4.78 is 0. The highest BCUT2D eigenvalue weighted by Crippen LogP contribution is 2.14. The summed E-state index contributed by atoms with van der Waals surface area (Å²) >= 11 is 0. The smallest absolute Gasteiger partial charge is 0.161 e. The molecule has 62 valence electrons. The van der Waals surface area contributed by atoms with Crippen molar-refractivity contribution in [3.8, 4) is 0 Å². The highest BCUT2D eigenvalue weighted by Gasteiger charge is 1.95. The van der Waals surface area contributed by atoms with Crippen LogP contribution in [0.25, 0.3) is 11.0 Å². The molecule has 2 aromatic heterocycles. The third-order valence-corrected chi connectivity index (χ3v) is 1.55. The van der Waals surface area contributed by atoms with Gasteiger partial charge in [-0.25, -0.2) is 9.97 Å². The van der Waals surface area contributed by atoms with E-state index in [4.69, 9.17) is 5.73 Å². The number of fused-ring (bicyclic) bond motifs is 1. The second-order valence-corrected chi connectivity index (χ2v) is 2.27. The second-order valence-electron chi connectivity index (χ2n) is 2.27. The fourth-order valence-electron chi connectivity index (χ4n) is 1.00. The quantitative estimate of drug-likeness (QED) is 0.612. The number of pyridine rings is 2. The number of nitrogens with two attached hydrogens (primary N) is 1. The van der Waals surface area contributed by atoms with Crippen LogP contribution in [0.1, 0.15) is 0 Å². The van der Waals surface area contributed by atoms with Crippen LogP contribution < -0.4 is 11.9 Å². The predicted octanol–water partition coefficient (Wildman–Crippen LogP) is 1.37. The van der Waals surface area contributed by atoms with Gasteiger partial charge < -0.3 is 11.9 Å². The molecule has 0 unspecified atom stereocenters. The molecule has 0 aliphatic heterocycles. The minimum Gasteiger partial charge on any atom is -0.398 e. The van der Waals surface area contributed by atoms with E-state index < -0.39 is 0 Å². The number of anilines is 1. The molecule has 12 heavy (non-hydrogen) atoms. The van der Waals surface area contributed by atoms with E-state index in [9.17, 15) is 0 Å². The van der Waals surface area contributed by atoms with Gasteiger partial charge in [0, 0.05) is 23.5 Å². The van der Waals surface area contributed by atoms with E-state index in [1.165, 1.54) is 0 Å². The van der Waals surface area contributed by atoms with Crippen molar-refractivity contribution in [1.82, 2.24) is 16.1 Å². The molecule has 4 nitrogen and oxygen atoms in total. The minimum atomic E-state index is 0. The molecule has 0 saturated carbocycles. The van der Waals surface area contributed by atoms with Crippen molar-refractivity contribution in [2.75, 3.05) is 5.73 Å². The van der Waals surface area contributed by atoms with E-state index in [1.54, 1.807) is 18.5 Å². The van der Waals surface area contributed by atoms with Crippen molar-refractivity contribution < 1.29 is 0 Å². The monoisotopic (exact) mass is 162 g/mol. The molecular formula is C8H10N4. The van der Waals surface area contributed by atoms with Gasteiger partial charge in [-0.15, -0.1) is 0 Å². The van der Waals surface area contributed by atoms with Gasteiger partial charge in [-0.2, -0.15) is 0 Å². The lowest BCUT2D eigenvalue weighted by Crippen LogP contribution is -1.89. The van der Waals surface area contributed by atoms with Crippen LogP contribution >= 0.6 is 0 Å². The standard InChI is InChI=1S/C8H7N3.H3N/c9-7-3-5-11-8-6(7)2-1-4-10-8;/h1-5H,(H2,9,10,11);1H3. The normalized spacial score (nSPS) is 9.33. The van der Waals surface area contributed by atoms with E-state index in [0.717, 1.165) is 11.1 Å². The van der Waals surface area contributed by atoms with Crippen LogP contribution in [-0.4, -0.2) is 9.97 Å². The van der Waals surface area contributed by atoms with E-state index in [2.05, 4.69) is 9.97 Å². The summed E-state index contributed by atoms with van der Waals surface area (Å²) in [5, 5.41) is 0.912. The van der Waals surface area contributed by atoms with Gasteiger partial charge in [-0.05, 0) is 18.2 Å². The molecule has 2 heterocycles. The third kappa shape index (κ3) is 1.19. The van der Waals surface area contributed by atoms with Gasteiger partial charge in [0.25, 0.3) is 0 Å². The van der Waals surface area contributed by atoms with Gasteiger partial charge in [0.2, 0.25) is 0 Å². The summed E-state index contributed by atoms with van der Waals surface area (Å²) in [6, 6.07) is 5.52. The Morgan fingerprint density at radius 2 is 1.83 bits per heavy atom. The zero-order chi connectivity index (χ0) is 7.68. The number of rotatable bonds is 0. The molecule has 0 radical (unpaired) electrons. The topological polar surface area (TPSA) is 86.8 Å². The van der Waals surface area contributed by atoms with E-state index in [0.29, 0.717) is 5.65 Å². The molecule has 0 spiro atoms. The van der Waals surface area contributed by atoms with Crippen LogP contribution in [0, 0.1) is 0 Å². The van der Waals surface area contributed by atoms with Crippen molar-refractivity contribution in [2.24, 2.45) is 0 Å². The Morgan fingerprint density at radius 1 is 1.08 bits per heavy atom. The first-order valence-corrected chi connectivity index (χ1v) is 3.33. The molecule has 0 aliphatic carbocycles. The zero-order valence-corrected chi connectivity index (χ0v) is 6.57.